The number of unbranched alkanes of at least 4 members (excludes halogenated alkanes) is 5. The van der Waals surface area contributed by atoms with Crippen molar-refractivity contribution in [1.82, 2.24) is 0 Å². The topological polar surface area (TPSA) is 87.0 Å². The average molecular weight is 292 g/mol. The lowest BCUT2D eigenvalue weighted by Crippen LogP contribution is -2.54. The zero-order valence-corrected chi connectivity index (χ0v) is 12.6. The summed E-state index contributed by atoms with van der Waals surface area (Å²) in [4.78, 5) is 10.7. The van der Waals surface area contributed by atoms with Crippen LogP contribution in [0.15, 0.2) is 0 Å². The van der Waals surface area contributed by atoms with Crippen molar-refractivity contribution in [3.8, 4) is 0 Å². The van der Waals surface area contributed by atoms with Crippen LogP contribution < -0.4 is 0 Å². The molecule has 0 heterocycles. The van der Waals surface area contributed by atoms with E-state index in [0.717, 1.165) is 12.8 Å². The third kappa shape index (κ3) is 9.25. The van der Waals surface area contributed by atoms with Gasteiger partial charge >= 0.3 is 5.97 Å². The Bertz CT molecular complexity index is 244. The van der Waals surface area contributed by atoms with Gasteiger partial charge in [0.15, 0.2) is 20.0 Å². The zero-order valence-electron chi connectivity index (χ0n) is 12.6. The Morgan fingerprint density at radius 1 is 1.00 bits per heavy atom. The zero-order chi connectivity index (χ0) is 15.3. The first-order valence-corrected chi connectivity index (χ1v) is 7.46. The molecule has 0 aromatic rings. The van der Waals surface area contributed by atoms with Crippen molar-refractivity contribution in [3.63, 3.8) is 0 Å². The second-order valence-corrected chi connectivity index (χ2v) is 5.28. The first kappa shape index (κ1) is 19.3. The van der Waals surface area contributed by atoms with Gasteiger partial charge in [0.2, 0.25) is 0 Å². The van der Waals surface area contributed by atoms with Gasteiger partial charge in [-0.3, -0.25) is 4.48 Å². The number of nitrogens with zero attached hydrogens (tertiary/aromatic N) is 1. The van der Waals surface area contributed by atoms with E-state index in [1.165, 1.54) is 25.7 Å². The van der Waals surface area contributed by atoms with Gasteiger partial charge in [-0.1, -0.05) is 39.0 Å². The van der Waals surface area contributed by atoms with Gasteiger partial charge in [0.1, 0.15) is 6.54 Å². The lowest BCUT2D eigenvalue weighted by molar-refractivity contribution is -0.955. The maximum absolute atomic E-state index is 10.7. The van der Waals surface area contributed by atoms with E-state index in [1.807, 2.05) is 0 Å². The fraction of sp³-hybridized carbons (Fsp3) is 0.929. The minimum Gasteiger partial charge on any atom is -0.477 e. The summed E-state index contributed by atoms with van der Waals surface area (Å²) in [6.07, 6.45) is 7.16. The maximum Gasteiger partial charge on any atom is 0.359 e. The number of carboxylic acid groups (broad SMARTS) is 1. The third-order valence-corrected chi connectivity index (χ3v) is 3.42. The molecular weight excluding hydrogens is 262 g/mol. The number of hydrogen-bond acceptors (Lipinski definition) is 4. The van der Waals surface area contributed by atoms with Crippen molar-refractivity contribution in [3.05, 3.63) is 0 Å². The van der Waals surface area contributed by atoms with Gasteiger partial charge in [-0.2, -0.15) is 0 Å². The van der Waals surface area contributed by atoms with Gasteiger partial charge in [-0.25, -0.2) is 4.79 Å². The number of aliphatic carboxylic acids is 1. The van der Waals surface area contributed by atoms with Gasteiger partial charge < -0.3 is 20.1 Å². The van der Waals surface area contributed by atoms with Gasteiger partial charge in [0.05, 0.1) is 6.61 Å². The van der Waals surface area contributed by atoms with Crippen molar-refractivity contribution in [2.75, 3.05) is 39.8 Å². The molecule has 0 spiro atoms. The quantitative estimate of drug-likeness (QED) is 0.254. The van der Waals surface area contributed by atoms with E-state index in [9.17, 15) is 15.0 Å². The molecule has 0 aliphatic carbocycles. The molecule has 6 nitrogen and oxygen atoms in total. The van der Waals surface area contributed by atoms with Crippen LogP contribution >= 0.6 is 0 Å². The monoisotopic (exact) mass is 292 g/mol. The lowest BCUT2D eigenvalue weighted by atomic mass is 10.1. The Kier molecular flexibility index (Phi) is 11.7. The Labute approximate surface area is 121 Å². The number of aliphatic hydroxyl groups is 2. The molecule has 0 saturated heterocycles. The predicted octanol–water partition coefficient (Wildman–Crippen LogP) is 1.16. The highest BCUT2D eigenvalue weighted by atomic mass is 16.5. The van der Waals surface area contributed by atoms with E-state index in [2.05, 4.69) is 6.92 Å². The summed E-state index contributed by atoms with van der Waals surface area (Å²) in [7, 11) is 0. The molecule has 0 aromatic carbocycles. The fourth-order valence-electron chi connectivity index (χ4n) is 2.00. The summed E-state index contributed by atoms with van der Waals surface area (Å²) in [5.41, 5.74) is 0. The van der Waals surface area contributed by atoms with E-state index in [1.54, 1.807) is 0 Å². The summed E-state index contributed by atoms with van der Waals surface area (Å²) in [5, 5.41) is 27.3. The van der Waals surface area contributed by atoms with E-state index in [4.69, 9.17) is 9.84 Å². The highest BCUT2D eigenvalue weighted by Crippen LogP contribution is 2.06. The number of ether oxygens (including phenoxy) is 1. The van der Waals surface area contributed by atoms with Crippen LogP contribution in [0.4, 0.5) is 0 Å². The highest BCUT2D eigenvalue weighted by Gasteiger charge is 2.28. The van der Waals surface area contributed by atoms with E-state index in [0.29, 0.717) is 19.8 Å². The molecule has 0 amide bonds. The van der Waals surface area contributed by atoms with Crippen molar-refractivity contribution >= 4 is 5.97 Å². The first-order chi connectivity index (χ1) is 9.60. The predicted molar refractivity (Wildman–Crippen MR) is 76.0 cm³/mol. The van der Waals surface area contributed by atoms with Crippen molar-refractivity contribution in [2.24, 2.45) is 0 Å². The number of carboxylic acids is 1. The summed E-state index contributed by atoms with van der Waals surface area (Å²) < 4.78 is 5.18. The third-order valence-electron chi connectivity index (χ3n) is 3.42. The number of aliphatic hydroxyl groups excluding tert-OH is 2. The largest absolute Gasteiger partial charge is 0.477 e. The molecular formula is C14H30NO5+. The summed E-state index contributed by atoms with van der Waals surface area (Å²) >= 11 is 0. The number of quaternary nitrogens is 1. The summed E-state index contributed by atoms with van der Waals surface area (Å²) in [5.74, 6) is -1.04. The standard InChI is InChI=1S/C14H29NO5/c1-2-3-4-5-6-7-9-20-10-8-15(12-16,13-17)11-14(18)19/h16-17H,2-13H2,1H3/p+1. The van der Waals surface area contributed by atoms with Gasteiger partial charge in [0.25, 0.3) is 0 Å². The van der Waals surface area contributed by atoms with Crippen LogP contribution in [0, 0.1) is 0 Å². The SMILES string of the molecule is CCCCCCCCOCC[N+](CO)(CO)CC(=O)O. The molecule has 3 N–H and O–H groups in total. The molecule has 0 aliphatic heterocycles. The Balaban J connectivity index is 3.66. The second-order valence-electron chi connectivity index (χ2n) is 5.28. The first-order valence-electron chi connectivity index (χ1n) is 7.46. The average Bonchev–Trinajstić information content (AvgIpc) is 2.44. The molecule has 0 aliphatic rings. The normalized spacial score (nSPS) is 11.8. The Morgan fingerprint density at radius 3 is 2.15 bits per heavy atom. The molecule has 6 heteroatoms. The minimum absolute atomic E-state index is 0.272. The van der Waals surface area contributed by atoms with Gasteiger partial charge in [-0.05, 0) is 6.42 Å². The number of rotatable bonds is 14. The molecule has 0 unspecified atom stereocenters. The molecule has 0 fully saturated rings. The number of hydrogen-bond donors (Lipinski definition) is 3. The molecule has 0 aromatic heterocycles. The molecule has 0 saturated carbocycles. The van der Waals surface area contributed by atoms with Crippen LogP contribution in [0.5, 0.6) is 0 Å². The molecule has 0 rings (SSSR count). The second kappa shape index (κ2) is 12.1. The molecule has 0 atom stereocenters. The molecule has 20 heavy (non-hydrogen) atoms. The fourth-order valence-corrected chi connectivity index (χ4v) is 2.00. The van der Waals surface area contributed by atoms with E-state index in [-0.39, 0.29) is 11.0 Å². The lowest BCUT2D eigenvalue weighted by Gasteiger charge is -2.32. The smallest absolute Gasteiger partial charge is 0.359 e. The molecule has 0 bridgehead atoms. The van der Waals surface area contributed by atoms with Gasteiger partial charge in [0, 0.05) is 6.61 Å². The minimum atomic E-state index is -1.04. The van der Waals surface area contributed by atoms with Crippen LogP contribution in [0.2, 0.25) is 0 Å². The van der Waals surface area contributed by atoms with Crippen LogP contribution in [0.3, 0.4) is 0 Å². The van der Waals surface area contributed by atoms with Gasteiger partial charge in [-0.15, -0.1) is 0 Å². The Morgan fingerprint density at radius 2 is 1.60 bits per heavy atom. The Hall–Kier alpha value is -0.690. The van der Waals surface area contributed by atoms with Crippen molar-refractivity contribution in [2.45, 2.75) is 45.4 Å². The molecule has 120 valence electrons. The van der Waals surface area contributed by atoms with E-state index < -0.39 is 19.4 Å². The molecule has 0 radical (unpaired) electrons. The number of carbonyl (C=O) groups is 1. The van der Waals surface area contributed by atoms with Crippen LogP contribution in [-0.2, 0) is 9.53 Å². The highest BCUT2D eigenvalue weighted by molar-refractivity contribution is 5.67. The van der Waals surface area contributed by atoms with Crippen LogP contribution in [0.1, 0.15) is 45.4 Å². The maximum atomic E-state index is 10.7. The van der Waals surface area contributed by atoms with Crippen molar-refractivity contribution in [1.29, 1.82) is 0 Å². The van der Waals surface area contributed by atoms with E-state index >= 15 is 0 Å². The van der Waals surface area contributed by atoms with Crippen LogP contribution in [0.25, 0.3) is 0 Å². The van der Waals surface area contributed by atoms with Crippen LogP contribution in [-0.4, -0.2) is 65.5 Å². The summed E-state index contributed by atoms with van der Waals surface area (Å²) in [6, 6.07) is 0. The van der Waals surface area contributed by atoms with Crippen molar-refractivity contribution < 1.29 is 29.3 Å². The summed E-state index contributed by atoms with van der Waals surface area (Å²) in [6.45, 7) is 2.39.